The molecule has 3 aromatic rings. The van der Waals surface area contributed by atoms with Crippen LogP contribution in [0.1, 0.15) is 5.56 Å². The van der Waals surface area contributed by atoms with E-state index in [1.165, 1.54) is 0 Å². The monoisotopic (exact) mass is 500 g/mol. The van der Waals surface area contributed by atoms with Crippen molar-refractivity contribution in [2.45, 2.75) is 6.61 Å². The van der Waals surface area contributed by atoms with Gasteiger partial charge in [-0.2, -0.15) is 0 Å². The van der Waals surface area contributed by atoms with Gasteiger partial charge < -0.3 is 20.1 Å². The molecule has 0 spiro atoms. The Labute approximate surface area is 200 Å². The van der Waals surface area contributed by atoms with Crippen molar-refractivity contribution in [3.05, 3.63) is 80.3 Å². The lowest BCUT2D eigenvalue weighted by Crippen LogP contribution is -2.19. The molecule has 3 aromatic carbocycles. The molecule has 0 aliphatic heterocycles. The molecule has 0 amide bonds. The zero-order valence-corrected chi connectivity index (χ0v) is 19.5. The summed E-state index contributed by atoms with van der Waals surface area (Å²) in [4.78, 5) is 0. The minimum atomic E-state index is 0.249. The third-order valence-corrected chi connectivity index (χ3v) is 4.97. The van der Waals surface area contributed by atoms with Gasteiger partial charge in [-0.15, -0.1) is 0 Å². The first kappa shape index (κ1) is 22.8. The number of ether oxygens (including phenoxy) is 2. The Bertz CT molecular complexity index is 1040. The molecule has 0 saturated heterocycles. The van der Waals surface area contributed by atoms with Crippen LogP contribution in [0.3, 0.4) is 0 Å². The highest BCUT2D eigenvalue weighted by Gasteiger charge is 2.09. The highest BCUT2D eigenvalue weighted by Crippen LogP contribution is 2.28. The van der Waals surface area contributed by atoms with Crippen LogP contribution in [0, 0.1) is 0 Å². The summed E-state index contributed by atoms with van der Waals surface area (Å²) in [7, 11) is 1.59. The van der Waals surface area contributed by atoms with E-state index in [4.69, 9.17) is 68.1 Å². The lowest BCUT2D eigenvalue weighted by Gasteiger charge is -2.15. The molecule has 4 nitrogen and oxygen atoms in total. The van der Waals surface area contributed by atoms with Crippen LogP contribution in [-0.2, 0) is 6.61 Å². The maximum absolute atomic E-state index is 6.02. The second-order valence-electron chi connectivity index (χ2n) is 6.16. The van der Waals surface area contributed by atoms with Crippen LogP contribution in [0.15, 0.2) is 54.6 Å². The van der Waals surface area contributed by atoms with E-state index in [0.717, 1.165) is 11.3 Å². The van der Waals surface area contributed by atoms with Gasteiger partial charge in [-0.3, -0.25) is 0 Å². The molecule has 0 heterocycles. The fraction of sp³-hybridized carbons (Fsp3) is 0.0952. The number of thiocarbonyl (C=S) groups is 1. The van der Waals surface area contributed by atoms with Crippen LogP contribution < -0.4 is 20.1 Å². The minimum Gasteiger partial charge on any atom is -0.496 e. The molecule has 0 atom stereocenters. The molecule has 3 rings (SSSR count). The average molecular weight is 502 g/mol. The smallest absolute Gasteiger partial charge is 0.175 e. The lowest BCUT2D eigenvalue weighted by molar-refractivity contribution is 0.297. The number of rotatable bonds is 6. The maximum Gasteiger partial charge on any atom is 0.175 e. The molecular formula is C21H16Cl4N2O2S. The van der Waals surface area contributed by atoms with E-state index < -0.39 is 0 Å². The Morgan fingerprint density at radius 1 is 0.800 bits per heavy atom. The van der Waals surface area contributed by atoms with Crippen molar-refractivity contribution in [3.63, 3.8) is 0 Å². The lowest BCUT2D eigenvalue weighted by atomic mass is 10.2. The molecule has 0 radical (unpaired) electrons. The quantitative estimate of drug-likeness (QED) is 0.339. The van der Waals surface area contributed by atoms with Gasteiger partial charge in [0.05, 0.1) is 7.11 Å². The predicted octanol–water partition coefficient (Wildman–Crippen LogP) is 7.70. The Kier molecular flexibility index (Phi) is 7.92. The zero-order valence-electron chi connectivity index (χ0n) is 15.6. The molecule has 0 saturated carbocycles. The molecule has 0 bridgehead atoms. The molecule has 0 aliphatic rings. The zero-order chi connectivity index (χ0) is 21.7. The molecule has 156 valence electrons. The van der Waals surface area contributed by atoms with Crippen molar-refractivity contribution in [2.24, 2.45) is 0 Å². The van der Waals surface area contributed by atoms with Crippen LogP contribution in [0.25, 0.3) is 0 Å². The predicted molar refractivity (Wildman–Crippen MR) is 130 cm³/mol. The summed E-state index contributed by atoms with van der Waals surface area (Å²) >= 11 is 29.5. The largest absolute Gasteiger partial charge is 0.496 e. The molecule has 0 unspecified atom stereocenters. The van der Waals surface area contributed by atoms with Gasteiger partial charge in [-0.05, 0) is 66.8 Å². The number of hydrogen-bond acceptors (Lipinski definition) is 3. The average Bonchev–Trinajstić information content (AvgIpc) is 2.65. The normalized spacial score (nSPS) is 10.4. The Hall–Kier alpha value is -1.89. The molecule has 9 heteroatoms. The van der Waals surface area contributed by atoms with E-state index in [-0.39, 0.29) is 6.61 Å². The molecular weight excluding hydrogens is 486 g/mol. The number of halogens is 4. The fourth-order valence-corrected chi connectivity index (χ4v) is 3.93. The molecule has 30 heavy (non-hydrogen) atoms. The number of methoxy groups -OCH3 is 1. The SMILES string of the molecule is COc1ccc(NC(=S)Nc2cc(Cl)cc(Cl)c2)cc1COc1cc(Cl)cc(Cl)c1. The van der Waals surface area contributed by atoms with Gasteiger partial charge in [-0.1, -0.05) is 46.4 Å². The van der Waals surface area contributed by atoms with Crippen molar-refractivity contribution in [1.82, 2.24) is 0 Å². The van der Waals surface area contributed by atoms with Crippen LogP contribution in [0.2, 0.25) is 20.1 Å². The Morgan fingerprint density at radius 3 is 1.97 bits per heavy atom. The van der Waals surface area contributed by atoms with Gasteiger partial charge in [-0.25, -0.2) is 0 Å². The van der Waals surface area contributed by atoms with Gasteiger partial charge in [0.25, 0.3) is 0 Å². The van der Waals surface area contributed by atoms with Gasteiger partial charge in [0.15, 0.2) is 5.11 Å². The highest BCUT2D eigenvalue weighted by atomic mass is 35.5. The highest BCUT2D eigenvalue weighted by molar-refractivity contribution is 7.80. The van der Waals surface area contributed by atoms with Gasteiger partial charge in [0.1, 0.15) is 18.1 Å². The van der Waals surface area contributed by atoms with Gasteiger partial charge >= 0.3 is 0 Å². The summed E-state index contributed by atoms with van der Waals surface area (Å²) < 4.78 is 11.2. The summed E-state index contributed by atoms with van der Waals surface area (Å²) in [5.74, 6) is 1.23. The maximum atomic E-state index is 6.02. The Balaban J connectivity index is 1.70. The minimum absolute atomic E-state index is 0.249. The number of hydrogen-bond donors (Lipinski definition) is 2. The van der Waals surface area contributed by atoms with Gasteiger partial charge in [0.2, 0.25) is 0 Å². The molecule has 0 fully saturated rings. The van der Waals surface area contributed by atoms with E-state index in [2.05, 4.69) is 10.6 Å². The first-order chi connectivity index (χ1) is 14.3. The standard InChI is InChI=1S/C21H16Cl4N2O2S/c1-28-20-3-2-17(26-21(30)27-18-7-13(22)5-14(23)8-18)4-12(20)11-29-19-9-15(24)6-16(25)10-19/h2-10H,11H2,1H3,(H2,26,27,30). The van der Waals surface area contributed by atoms with E-state index >= 15 is 0 Å². The van der Waals surface area contributed by atoms with Crippen molar-refractivity contribution in [1.29, 1.82) is 0 Å². The second kappa shape index (κ2) is 10.4. The second-order valence-corrected chi connectivity index (χ2v) is 8.31. The number of anilines is 2. The summed E-state index contributed by atoms with van der Waals surface area (Å²) in [5, 5.41) is 8.57. The van der Waals surface area contributed by atoms with Crippen LogP contribution >= 0.6 is 58.6 Å². The van der Waals surface area contributed by atoms with Crippen LogP contribution in [0.4, 0.5) is 11.4 Å². The molecule has 2 N–H and O–H groups in total. The van der Waals surface area contributed by atoms with Crippen molar-refractivity contribution >= 4 is 75.1 Å². The number of benzene rings is 3. The third kappa shape index (κ3) is 6.56. The first-order valence-corrected chi connectivity index (χ1v) is 10.5. The summed E-state index contributed by atoms with van der Waals surface area (Å²) in [5.41, 5.74) is 2.25. The molecule has 0 aromatic heterocycles. The third-order valence-electron chi connectivity index (χ3n) is 3.89. The van der Waals surface area contributed by atoms with E-state index in [1.54, 1.807) is 43.5 Å². The topological polar surface area (TPSA) is 42.5 Å². The number of nitrogens with one attached hydrogen (secondary N) is 2. The Morgan fingerprint density at radius 2 is 1.37 bits per heavy atom. The summed E-state index contributed by atoms with van der Waals surface area (Å²) in [6.07, 6.45) is 0. The van der Waals surface area contributed by atoms with Gasteiger partial charge in [0, 0.05) is 37.0 Å². The van der Waals surface area contributed by atoms with Crippen LogP contribution in [-0.4, -0.2) is 12.2 Å². The van der Waals surface area contributed by atoms with E-state index in [0.29, 0.717) is 42.4 Å². The summed E-state index contributed by atoms with van der Waals surface area (Å²) in [6, 6.07) is 15.7. The van der Waals surface area contributed by atoms with Crippen LogP contribution in [0.5, 0.6) is 11.5 Å². The molecule has 0 aliphatic carbocycles. The van der Waals surface area contributed by atoms with E-state index in [1.807, 2.05) is 18.2 Å². The van der Waals surface area contributed by atoms with Crippen molar-refractivity contribution in [2.75, 3.05) is 17.7 Å². The van der Waals surface area contributed by atoms with Crippen molar-refractivity contribution in [3.8, 4) is 11.5 Å². The fourth-order valence-electron chi connectivity index (χ4n) is 2.66. The van der Waals surface area contributed by atoms with E-state index in [9.17, 15) is 0 Å². The first-order valence-electron chi connectivity index (χ1n) is 8.62. The van der Waals surface area contributed by atoms with Crippen molar-refractivity contribution < 1.29 is 9.47 Å². The summed E-state index contributed by atoms with van der Waals surface area (Å²) in [6.45, 7) is 0.249.